The molecule has 1 aliphatic rings. The highest BCUT2D eigenvalue weighted by Gasteiger charge is 2.22. The summed E-state index contributed by atoms with van der Waals surface area (Å²) in [5, 5.41) is 8.25. The predicted molar refractivity (Wildman–Crippen MR) is 113 cm³/mol. The predicted octanol–water partition coefficient (Wildman–Crippen LogP) is 4.66. The maximum atomic E-state index is 12.8. The summed E-state index contributed by atoms with van der Waals surface area (Å²) in [6, 6.07) is 15.0. The van der Waals surface area contributed by atoms with Crippen LogP contribution in [-0.2, 0) is 0 Å². The molecule has 0 bridgehead atoms. The van der Waals surface area contributed by atoms with Crippen molar-refractivity contribution in [2.45, 2.75) is 38.1 Å². The highest BCUT2D eigenvalue weighted by atomic mass is 35.5. The molecule has 0 radical (unpaired) electrons. The molecule has 0 unspecified atom stereocenters. The van der Waals surface area contributed by atoms with Gasteiger partial charge < -0.3 is 10.1 Å². The average Bonchev–Trinajstić information content (AvgIpc) is 3.21. The van der Waals surface area contributed by atoms with Crippen LogP contribution in [0.15, 0.2) is 48.5 Å². The number of rotatable bonds is 5. The first kappa shape index (κ1) is 19.5. The van der Waals surface area contributed by atoms with Gasteiger partial charge in [-0.3, -0.25) is 4.79 Å². The van der Waals surface area contributed by atoms with Crippen molar-refractivity contribution in [1.82, 2.24) is 20.1 Å². The van der Waals surface area contributed by atoms with Gasteiger partial charge in [0.15, 0.2) is 5.82 Å². The first-order valence-corrected chi connectivity index (χ1v) is 10.2. The summed E-state index contributed by atoms with van der Waals surface area (Å²) >= 11 is 6.03. The second kappa shape index (κ2) is 8.66. The SMILES string of the molecule is COc1ccc(-n2nc(C(=O)NC3CCCCC3)nc2-c2ccc(Cl)cc2)cc1. The van der Waals surface area contributed by atoms with Crippen LogP contribution >= 0.6 is 11.6 Å². The highest BCUT2D eigenvalue weighted by Crippen LogP contribution is 2.24. The Hall–Kier alpha value is -2.86. The lowest BCUT2D eigenvalue weighted by Crippen LogP contribution is -2.36. The molecular formula is C22H23ClN4O2. The molecule has 2 aromatic carbocycles. The van der Waals surface area contributed by atoms with Gasteiger partial charge in [-0.1, -0.05) is 30.9 Å². The van der Waals surface area contributed by atoms with E-state index in [1.165, 1.54) is 6.42 Å². The van der Waals surface area contributed by atoms with E-state index < -0.39 is 0 Å². The number of ether oxygens (including phenoxy) is 1. The number of nitrogens with zero attached hydrogens (tertiary/aromatic N) is 3. The van der Waals surface area contributed by atoms with Gasteiger partial charge in [-0.2, -0.15) is 0 Å². The average molecular weight is 411 g/mol. The van der Waals surface area contributed by atoms with Crippen molar-refractivity contribution < 1.29 is 9.53 Å². The van der Waals surface area contributed by atoms with Crippen molar-refractivity contribution in [2.75, 3.05) is 7.11 Å². The fraction of sp³-hybridized carbons (Fsp3) is 0.318. The van der Waals surface area contributed by atoms with Crippen LogP contribution in [0.1, 0.15) is 42.7 Å². The van der Waals surface area contributed by atoms with Crippen molar-refractivity contribution >= 4 is 17.5 Å². The molecule has 4 rings (SSSR count). The number of carbonyl (C=O) groups is 1. The van der Waals surface area contributed by atoms with Crippen molar-refractivity contribution in [1.29, 1.82) is 0 Å². The molecule has 3 aromatic rings. The number of aromatic nitrogens is 3. The van der Waals surface area contributed by atoms with Gasteiger partial charge in [-0.15, -0.1) is 5.10 Å². The Bertz CT molecular complexity index is 977. The number of carbonyl (C=O) groups excluding carboxylic acids is 1. The molecule has 0 aliphatic heterocycles. The number of benzene rings is 2. The number of amides is 1. The number of methoxy groups -OCH3 is 1. The molecule has 150 valence electrons. The van der Waals surface area contributed by atoms with E-state index in [0.717, 1.165) is 42.7 Å². The Balaban J connectivity index is 1.69. The summed E-state index contributed by atoms with van der Waals surface area (Å²) in [5.41, 5.74) is 1.62. The molecule has 1 fully saturated rings. The molecule has 7 heteroatoms. The van der Waals surface area contributed by atoms with Crippen LogP contribution in [0.3, 0.4) is 0 Å². The molecule has 1 amide bonds. The van der Waals surface area contributed by atoms with E-state index in [0.29, 0.717) is 10.8 Å². The Morgan fingerprint density at radius 1 is 1.07 bits per heavy atom. The fourth-order valence-corrected chi connectivity index (χ4v) is 3.72. The van der Waals surface area contributed by atoms with Gasteiger partial charge >= 0.3 is 0 Å². The topological polar surface area (TPSA) is 69.0 Å². The van der Waals surface area contributed by atoms with Crippen LogP contribution < -0.4 is 10.1 Å². The quantitative estimate of drug-likeness (QED) is 0.664. The largest absolute Gasteiger partial charge is 0.497 e. The van der Waals surface area contributed by atoms with Crippen molar-refractivity contribution in [3.8, 4) is 22.8 Å². The molecule has 1 aliphatic carbocycles. The zero-order valence-electron chi connectivity index (χ0n) is 16.3. The third kappa shape index (κ3) is 4.43. The number of hydrogen-bond donors (Lipinski definition) is 1. The summed E-state index contributed by atoms with van der Waals surface area (Å²) in [5.74, 6) is 1.26. The van der Waals surface area contributed by atoms with Crippen molar-refractivity contribution in [3.63, 3.8) is 0 Å². The monoisotopic (exact) mass is 410 g/mol. The third-order valence-corrected chi connectivity index (χ3v) is 5.42. The molecule has 6 nitrogen and oxygen atoms in total. The van der Waals surface area contributed by atoms with E-state index >= 15 is 0 Å². The van der Waals surface area contributed by atoms with Gasteiger partial charge in [0, 0.05) is 16.6 Å². The standard InChI is InChI=1S/C22H23ClN4O2/c1-29-19-13-11-18(12-14-19)27-21(15-7-9-16(23)10-8-15)25-20(26-27)22(28)24-17-5-3-2-4-6-17/h7-14,17H,2-6H2,1H3,(H,24,28). The Morgan fingerprint density at radius 3 is 2.41 bits per heavy atom. The summed E-state index contributed by atoms with van der Waals surface area (Å²) in [7, 11) is 1.62. The Morgan fingerprint density at radius 2 is 1.76 bits per heavy atom. The number of halogens is 1. The van der Waals surface area contributed by atoms with Crippen LogP contribution in [-0.4, -0.2) is 33.8 Å². The van der Waals surface area contributed by atoms with Gasteiger partial charge in [-0.05, 0) is 61.4 Å². The number of hydrogen-bond acceptors (Lipinski definition) is 4. The molecule has 29 heavy (non-hydrogen) atoms. The van der Waals surface area contributed by atoms with E-state index in [9.17, 15) is 4.79 Å². The van der Waals surface area contributed by atoms with Crippen molar-refractivity contribution in [3.05, 3.63) is 59.4 Å². The fourth-order valence-electron chi connectivity index (χ4n) is 3.59. The van der Waals surface area contributed by atoms with E-state index in [-0.39, 0.29) is 17.8 Å². The van der Waals surface area contributed by atoms with Gasteiger partial charge in [0.2, 0.25) is 5.82 Å². The van der Waals surface area contributed by atoms with E-state index in [4.69, 9.17) is 16.3 Å². The van der Waals surface area contributed by atoms with Gasteiger partial charge in [-0.25, -0.2) is 9.67 Å². The molecule has 0 spiro atoms. The second-order valence-electron chi connectivity index (χ2n) is 7.18. The minimum absolute atomic E-state index is 0.163. The molecular weight excluding hydrogens is 388 g/mol. The summed E-state index contributed by atoms with van der Waals surface area (Å²) < 4.78 is 6.92. The minimum atomic E-state index is -0.237. The van der Waals surface area contributed by atoms with E-state index in [1.54, 1.807) is 23.9 Å². The summed E-state index contributed by atoms with van der Waals surface area (Å²) in [6.07, 6.45) is 5.55. The normalized spacial score (nSPS) is 14.6. The Kier molecular flexibility index (Phi) is 5.81. The summed E-state index contributed by atoms with van der Waals surface area (Å²) in [6.45, 7) is 0. The molecule has 1 saturated carbocycles. The van der Waals surface area contributed by atoms with Crippen LogP contribution in [0.25, 0.3) is 17.1 Å². The Labute approximate surface area is 174 Å². The maximum absolute atomic E-state index is 12.8. The maximum Gasteiger partial charge on any atom is 0.291 e. The van der Waals surface area contributed by atoms with Crippen LogP contribution in [0.4, 0.5) is 0 Å². The lowest BCUT2D eigenvalue weighted by molar-refractivity contribution is 0.0917. The first-order chi connectivity index (χ1) is 14.1. The van der Waals surface area contributed by atoms with Crippen LogP contribution in [0.5, 0.6) is 5.75 Å². The van der Waals surface area contributed by atoms with Crippen LogP contribution in [0.2, 0.25) is 5.02 Å². The van der Waals surface area contributed by atoms with Gasteiger partial charge in [0.1, 0.15) is 5.75 Å². The molecule has 0 saturated heterocycles. The van der Waals surface area contributed by atoms with E-state index in [1.807, 2.05) is 36.4 Å². The van der Waals surface area contributed by atoms with Gasteiger partial charge in [0.25, 0.3) is 5.91 Å². The molecule has 1 aromatic heterocycles. The van der Waals surface area contributed by atoms with E-state index in [2.05, 4.69) is 15.4 Å². The lowest BCUT2D eigenvalue weighted by atomic mass is 9.95. The lowest BCUT2D eigenvalue weighted by Gasteiger charge is -2.21. The minimum Gasteiger partial charge on any atom is -0.497 e. The summed E-state index contributed by atoms with van der Waals surface area (Å²) in [4.78, 5) is 17.4. The van der Waals surface area contributed by atoms with Crippen molar-refractivity contribution in [2.24, 2.45) is 0 Å². The zero-order valence-corrected chi connectivity index (χ0v) is 17.0. The number of nitrogens with one attached hydrogen (secondary N) is 1. The molecule has 1 heterocycles. The smallest absolute Gasteiger partial charge is 0.291 e. The third-order valence-electron chi connectivity index (χ3n) is 5.17. The first-order valence-electron chi connectivity index (χ1n) is 9.82. The molecule has 0 atom stereocenters. The zero-order chi connectivity index (χ0) is 20.2. The van der Waals surface area contributed by atoms with Crippen LogP contribution in [0, 0.1) is 0 Å². The van der Waals surface area contributed by atoms with Gasteiger partial charge in [0.05, 0.1) is 12.8 Å². The highest BCUT2D eigenvalue weighted by molar-refractivity contribution is 6.30. The molecule has 1 N–H and O–H groups in total. The second-order valence-corrected chi connectivity index (χ2v) is 7.62.